The molecule has 6 heteroatoms. The summed E-state index contributed by atoms with van der Waals surface area (Å²) >= 11 is 0. The molecule has 1 saturated heterocycles. The summed E-state index contributed by atoms with van der Waals surface area (Å²) in [4.78, 5) is 17.3. The van der Waals surface area contributed by atoms with Crippen molar-refractivity contribution in [1.29, 1.82) is 5.26 Å². The molecular formula is C11H12N4O2. The Balaban J connectivity index is 1.94. The summed E-state index contributed by atoms with van der Waals surface area (Å²) in [5.74, 6) is 0. The van der Waals surface area contributed by atoms with Gasteiger partial charge in [-0.25, -0.2) is 4.79 Å². The van der Waals surface area contributed by atoms with Crippen molar-refractivity contribution in [3.05, 3.63) is 24.5 Å². The average molecular weight is 232 g/mol. The molecule has 0 spiro atoms. The predicted octanol–water partition coefficient (Wildman–Crippen LogP) is 0.838. The van der Waals surface area contributed by atoms with Crippen molar-refractivity contribution in [2.24, 2.45) is 0 Å². The second-order valence-electron chi connectivity index (χ2n) is 3.61. The van der Waals surface area contributed by atoms with Gasteiger partial charge in [0.15, 0.2) is 6.10 Å². The maximum absolute atomic E-state index is 11.9. The summed E-state index contributed by atoms with van der Waals surface area (Å²) in [6, 6.07) is 5.26. The molecular weight excluding hydrogens is 220 g/mol. The van der Waals surface area contributed by atoms with E-state index < -0.39 is 6.10 Å². The SMILES string of the molecule is N#CC1CN(C(=O)Nc2cccnc2)CCO1. The second kappa shape index (κ2) is 5.27. The molecule has 0 saturated carbocycles. The van der Waals surface area contributed by atoms with Gasteiger partial charge in [-0.1, -0.05) is 0 Å². The van der Waals surface area contributed by atoms with Gasteiger partial charge in [0.25, 0.3) is 0 Å². The molecule has 2 rings (SSSR count). The third-order valence-electron chi connectivity index (χ3n) is 2.41. The molecule has 1 atom stereocenters. The first kappa shape index (κ1) is 11.4. The van der Waals surface area contributed by atoms with Crippen molar-refractivity contribution in [3.63, 3.8) is 0 Å². The van der Waals surface area contributed by atoms with E-state index in [1.165, 1.54) is 0 Å². The highest BCUT2D eigenvalue weighted by molar-refractivity contribution is 5.89. The lowest BCUT2D eigenvalue weighted by molar-refractivity contribution is 0.0181. The predicted molar refractivity (Wildman–Crippen MR) is 60.2 cm³/mol. The number of pyridine rings is 1. The van der Waals surface area contributed by atoms with Gasteiger partial charge >= 0.3 is 6.03 Å². The number of anilines is 1. The highest BCUT2D eigenvalue weighted by atomic mass is 16.5. The highest BCUT2D eigenvalue weighted by Gasteiger charge is 2.23. The van der Waals surface area contributed by atoms with Gasteiger partial charge in [-0.3, -0.25) is 4.98 Å². The van der Waals surface area contributed by atoms with Crippen LogP contribution in [0.1, 0.15) is 0 Å². The van der Waals surface area contributed by atoms with Gasteiger partial charge in [0.2, 0.25) is 0 Å². The minimum absolute atomic E-state index is 0.235. The number of urea groups is 1. The number of carbonyl (C=O) groups is 1. The second-order valence-corrected chi connectivity index (χ2v) is 3.61. The van der Waals surface area contributed by atoms with E-state index in [1.807, 2.05) is 6.07 Å². The van der Waals surface area contributed by atoms with Crippen molar-refractivity contribution in [2.45, 2.75) is 6.10 Å². The lowest BCUT2D eigenvalue weighted by Crippen LogP contribution is -2.46. The molecule has 1 aliphatic rings. The number of carbonyl (C=O) groups excluding carboxylic acids is 1. The first-order chi connectivity index (χ1) is 8.29. The summed E-state index contributed by atoms with van der Waals surface area (Å²) in [6.07, 6.45) is 2.67. The van der Waals surface area contributed by atoms with Crippen LogP contribution in [0.2, 0.25) is 0 Å². The van der Waals surface area contributed by atoms with Crippen molar-refractivity contribution < 1.29 is 9.53 Å². The zero-order valence-corrected chi connectivity index (χ0v) is 9.17. The average Bonchev–Trinajstić information content (AvgIpc) is 2.40. The van der Waals surface area contributed by atoms with Crippen molar-refractivity contribution >= 4 is 11.7 Å². The van der Waals surface area contributed by atoms with Crippen molar-refractivity contribution in [2.75, 3.05) is 25.0 Å². The molecule has 1 aliphatic heterocycles. The lowest BCUT2D eigenvalue weighted by Gasteiger charge is -2.29. The molecule has 2 heterocycles. The van der Waals surface area contributed by atoms with E-state index >= 15 is 0 Å². The van der Waals surface area contributed by atoms with Gasteiger partial charge < -0.3 is 15.0 Å². The van der Waals surface area contributed by atoms with Crippen LogP contribution >= 0.6 is 0 Å². The number of hydrogen-bond donors (Lipinski definition) is 1. The normalized spacial score (nSPS) is 19.5. The molecule has 0 aliphatic carbocycles. The summed E-state index contributed by atoms with van der Waals surface area (Å²) in [5.41, 5.74) is 0.637. The van der Waals surface area contributed by atoms with Gasteiger partial charge in [0.1, 0.15) is 0 Å². The Kier molecular flexibility index (Phi) is 3.52. The maximum Gasteiger partial charge on any atom is 0.322 e. The van der Waals surface area contributed by atoms with Gasteiger partial charge in [0.05, 0.1) is 31.1 Å². The van der Waals surface area contributed by atoms with Gasteiger partial charge in [-0.05, 0) is 12.1 Å². The number of nitriles is 1. The van der Waals surface area contributed by atoms with Crippen LogP contribution in [0.15, 0.2) is 24.5 Å². The van der Waals surface area contributed by atoms with E-state index in [0.29, 0.717) is 25.4 Å². The maximum atomic E-state index is 11.9. The fourth-order valence-electron chi connectivity index (χ4n) is 1.55. The number of amides is 2. The number of nitrogens with one attached hydrogen (secondary N) is 1. The molecule has 17 heavy (non-hydrogen) atoms. The third kappa shape index (κ3) is 2.92. The molecule has 1 N–H and O–H groups in total. The zero-order valence-electron chi connectivity index (χ0n) is 9.17. The first-order valence-electron chi connectivity index (χ1n) is 5.27. The molecule has 6 nitrogen and oxygen atoms in total. The fourth-order valence-corrected chi connectivity index (χ4v) is 1.55. The number of morpholine rings is 1. The van der Waals surface area contributed by atoms with Crippen LogP contribution in [-0.2, 0) is 4.74 Å². The molecule has 2 amide bonds. The molecule has 88 valence electrons. The molecule has 1 aromatic rings. The van der Waals surface area contributed by atoms with Gasteiger partial charge in [0, 0.05) is 12.7 Å². The van der Waals surface area contributed by atoms with E-state index in [1.54, 1.807) is 29.4 Å². The number of nitrogens with zero attached hydrogens (tertiary/aromatic N) is 3. The number of ether oxygens (including phenoxy) is 1. The first-order valence-corrected chi connectivity index (χ1v) is 5.27. The Morgan fingerprint density at radius 1 is 1.71 bits per heavy atom. The van der Waals surface area contributed by atoms with Crippen molar-refractivity contribution in [3.8, 4) is 6.07 Å². The standard InChI is InChI=1S/C11H12N4O2/c12-6-10-8-15(4-5-17-10)11(16)14-9-2-1-3-13-7-9/h1-3,7,10H,4-5,8H2,(H,14,16). The molecule has 1 fully saturated rings. The molecule has 0 bridgehead atoms. The molecule has 0 aromatic carbocycles. The summed E-state index contributed by atoms with van der Waals surface area (Å²) in [7, 11) is 0. The van der Waals surface area contributed by atoms with Crippen LogP contribution in [0.25, 0.3) is 0 Å². The Bertz CT molecular complexity index is 429. The zero-order chi connectivity index (χ0) is 12.1. The van der Waals surface area contributed by atoms with Gasteiger partial charge in [-0.15, -0.1) is 0 Å². The van der Waals surface area contributed by atoms with Crippen LogP contribution in [0.3, 0.4) is 0 Å². The third-order valence-corrected chi connectivity index (χ3v) is 2.41. The Hall–Kier alpha value is -2.13. The molecule has 1 aromatic heterocycles. The summed E-state index contributed by atoms with van der Waals surface area (Å²) in [5, 5.41) is 11.5. The largest absolute Gasteiger partial charge is 0.360 e. The van der Waals surface area contributed by atoms with Gasteiger partial charge in [-0.2, -0.15) is 5.26 Å². The topological polar surface area (TPSA) is 78.3 Å². The smallest absolute Gasteiger partial charge is 0.322 e. The minimum atomic E-state index is -0.539. The highest BCUT2D eigenvalue weighted by Crippen LogP contribution is 2.08. The van der Waals surface area contributed by atoms with E-state index in [2.05, 4.69) is 10.3 Å². The van der Waals surface area contributed by atoms with E-state index in [9.17, 15) is 4.79 Å². The summed E-state index contributed by atoms with van der Waals surface area (Å²) < 4.78 is 5.16. The Morgan fingerprint density at radius 3 is 3.29 bits per heavy atom. The molecule has 1 unspecified atom stereocenters. The van der Waals surface area contributed by atoms with Crippen molar-refractivity contribution in [1.82, 2.24) is 9.88 Å². The Labute approximate surface area is 98.8 Å². The fraction of sp³-hybridized carbons (Fsp3) is 0.364. The van der Waals surface area contributed by atoms with Crippen LogP contribution in [0.5, 0.6) is 0 Å². The quantitative estimate of drug-likeness (QED) is 0.778. The van der Waals surface area contributed by atoms with E-state index in [4.69, 9.17) is 10.00 Å². The van der Waals surface area contributed by atoms with Crippen LogP contribution in [0, 0.1) is 11.3 Å². The van der Waals surface area contributed by atoms with E-state index in [0.717, 1.165) is 0 Å². The van der Waals surface area contributed by atoms with E-state index in [-0.39, 0.29) is 6.03 Å². The lowest BCUT2D eigenvalue weighted by atomic mass is 10.3. The number of aromatic nitrogens is 1. The number of rotatable bonds is 1. The molecule has 0 radical (unpaired) electrons. The van der Waals surface area contributed by atoms with Crippen LogP contribution in [0.4, 0.5) is 10.5 Å². The minimum Gasteiger partial charge on any atom is -0.360 e. The Morgan fingerprint density at radius 2 is 2.59 bits per heavy atom. The summed E-state index contributed by atoms with van der Waals surface area (Å²) in [6.45, 7) is 1.17. The van der Waals surface area contributed by atoms with Crippen LogP contribution in [-0.4, -0.2) is 41.7 Å². The number of hydrogen-bond acceptors (Lipinski definition) is 4. The van der Waals surface area contributed by atoms with Crippen LogP contribution < -0.4 is 5.32 Å². The monoisotopic (exact) mass is 232 g/mol.